The second-order valence-electron chi connectivity index (χ2n) is 2.48. The van der Waals surface area contributed by atoms with Gasteiger partial charge in [-0.05, 0) is 24.3 Å². The summed E-state index contributed by atoms with van der Waals surface area (Å²) >= 11 is 7.31. The lowest BCUT2D eigenvalue weighted by atomic mass is 10.4. The highest BCUT2D eigenvalue weighted by molar-refractivity contribution is 7.98. The van der Waals surface area contributed by atoms with Crippen LogP contribution in [0.2, 0.25) is 5.15 Å². The molecule has 0 saturated heterocycles. The van der Waals surface area contributed by atoms with Gasteiger partial charge in [-0.25, -0.2) is 0 Å². The van der Waals surface area contributed by atoms with Gasteiger partial charge >= 0.3 is 0 Å². The van der Waals surface area contributed by atoms with Crippen molar-refractivity contribution in [2.75, 3.05) is 12.4 Å². The molecule has 0 aliphatic heterocycles. The quantitative estimate of drug-likeness (QED) is 0.765. The van der Waals surface area contributed by atoms with Crippen LogP contribution in [0.15, 0.2) is 12.1 Å². The van der Waals surface area contributed by atoms with Crippen molar-refractivity contribution < 1.29 is 5.11 Å². The third-order valence-corrected chi connectivity index (χ3v) is 2.66. The van der Waals surface area contributed by atoms with E-state index in [4.69, 9.17) is 16.7 Å². The van der Waals surface area contributed by atoms with Crippen LogP contribution < -0.4 is 0 Å². The molecule has 72 valence electrons. The maximum Gasteiger partial charge on any atom is 0.151 e. The molecule has 0 radical (unpaired) electrons. The summed E-state index contributed by atoms with van der Waals surface area (Å²) in [5, 5.41) is 16.6. The van der Waals surface area contributed by atoms with E-state index in [1.165, 1.54) is 0 Å². The topological polar surface area (TPSA) is 46.0 Å². The molecule has 1 aromatic heterocycles. The van der Waals surface area contributed by atoms with E-state index in [0.29, 0.717) is 5.15 Å². The van der Waals surface area contributed by atoms with E-state index in [-0.39, 0.29) is 6.61 Å². The van der Waals surface area contributed by atoms with Crippen molar-refractivity contribution in [2.45, 2.75) is 12.2 Å². The van der Waals surface area contributed by atoms with Crippen molar-refractivity contribution in [3.8, 4) is 0 Å². The Morgan fingerprint density at radius 1 is 1.38 bits per heavy atom. The highest BCUT2D eigenvalue weighted by atomic mass is 35.5. The number of thioether (sulfide) groups is 1. The van der Waals surface area contributed by atoms with Crippen LogP contribution >= 0.6 is 23.4 Å². The van der Waals surface area contributed by atoms with E-state index in [9.17, 15) is 0 Å². The number of halogens is 1. The average molecular weight is 219 g/mol. The Labute approximate surface area is 86.5 Å². The Morgan fingerprint density at radius 2 is 2.23 bits per heavy atom. The molecule has 0 aromatic carbocycles. The molecule has 1 rings (SSSR count). The van der Waals surface area contributed by atoms with E-state index in [1.807, 2.05) is 6.07 Å². The van der Waals surface area contributed by atoms with Crippen LogP contribution in [-0.2, 0) is 5.75 Å². The molecule has 0 fully saturated rings. The molecular formula is C8H11ClN2OS. The molecule has 1 aromatic rings. The van der Waals surface area contributed by atoms with Crippen LogP contribution in [0.1, 0.15) is 12.1 Å². The Bertz CT molecular complexity index is 242. The maximum absolute atomic E-state index is 8.54. The molecule has 0 aliphatic carbocycles. The SMILES string of the molecule is OCCCSCc1ccc(Cl)nn1. The Kier molecular flexibility index (Phi) is 5.12. The van der Waals surface area contributed by atoms with Crippen molar-refractivity contribution in [2.24, 2.45) is 0 Å². The van der Waals surface area contributed by atoms with Crippen molar-refractivity contribution in [1.29, 1.82) is 0 Å². The number of aliphatic hydroxyl groups is 1. The lowest BCUT2D eigenvalue weighted by molar-refractivity contribution is 0.296. The first-order valence-corrected chi connectivity index (χ1v) is 5.53. The Balaban J connectivity index is 2.25. The van der Waals surface area contributed by atoms with E-state index in [1.54, 1.807) is 17.8 Å². The zero-order valence-electron chi connectivity index (χ0n) is 7.11. The highest BCUT2D eigenvalue weighted by Crippen LogP contribution is 2.11. The molecule has 0 spiro atoms. The fraction of sp³-hybridized carbons (Fsp3) is 0.500. The average Bonchev–Trinajstić information content (AvgIpc) is 2.15. The van der Waals surface area contributed by atoms with E-state index in [0.717, 1.165) is 23.6 Å². The van der Waals surface area contributed by atoms with Crippen LogP contribution in [0.4, 0.5) is 0 Å². The number of hydrogen-bond donors (Lipinski definition) is 1. The van der Waals surface area contributed by atoms with Gasteiger partial charge in [-0.3, -0.25) is 0 Å². The Hall–Kier alpha value is -0.320. The fourth-order valence-corrected chi connectivity index (χ4v) is 1.71. The third-order valence-electron chi connectivity index (χ3n) is 1.38. The van der Waals surface area contributed by atoms with Crippen LogP contribution in [0, 0.1) is 0 Å². The minimum atomic E-state index is 0.249. The van der Waals surface area contributed by atoms with Gasteiger partial charge in [0, 0.05) is 12.4 Å². The van der Waals surface area contributed by atoms with E-state index in [2.05, 4.69) is 10.2 Å². The smallest absolute Gasteiger partial charge is 0.151 e. The van der Waals surface area contributed by atoms with Crippen molar-refractivity contribution in [3.05, 3.63) is 23.0 Å². The number of aromatic nitrogens is 2. The van der Waals surface area contributed by atoms with E-state index >= 15 is 0 Å². The molecule has 0 aliphatic rings. The number of aliphatic hydroxyl groups excluding tert-OH is 1. The largest absolute Gasteiger partial charge is 0.396 e. The summed E-state index contributed by atoms with van der Waals surface area (Å²) in [5.41, 5.74) is 0.923. The summed E-state index contributed by atoms with van der Waals surface area (Å²) in [6.45, 7) is 0.249. The fourth-order valence-electron chi connectivity index (χ4n) is 0.764. The molecule has 1 N–H and O–H groups in total. The van der Waals surface area contributed by atoms with Crippen LogP contribution in [0.25, 0.3) is 0 Å². The standard InChI is InChI=1S/C8H11ClN2OS/c9-8-3-2-7(10-11-8)6-13-5-1-4-12/h2-3,12H,1,4-6H2. The summed E-state index contributed by atoms with van der Waals surface area (Å²) in [6, 6.07) is 3.60. The van der Waals surface area contributed by atoms with E-state index < -0.39 is 0 Å². The first kappa shape index (κ1) is 10.8. The van der Waals surface area contributed by atoms with Crippen LogP contribution in [0.3, 0.4) is 0 Å². The molecule has 1 heterocycles. The second-order valence-corrected chi connectivity index (χ2v) is 3.97. The first-order valence-electron chi connectivity index (χ1n) is 3.99. The molecule has 0 bridgehead atoms. The summed E-state index contributed by atoms with van der Waals surface area (Å²) in [5.74, 6) is 1.77. The minimum Gasteiger partial charge on any atom is -0.396 e. The summed E-state index contributed by atoms with van der Waals surface area (Å²) in [7, 11) is 0. The predicted octanol–water partition coefficient (Wildman–Crippen LogP) is 1.75. The maximum atomic E-state index is 8.54. The molecule has 0 saturated carbocycles. The lowest BCUT2D eigenvalue weighted by Gasteiger charge is -1.98. The highest BCUT2D eigenvalue weighted by Gasteiger charge is 1.96. The van der Waals surface area contributed by atoms with Crippen molar-refractivity contribution in [3.63, 3.8) is 0 Å². The molecule has 3 nitrogen and oxygen atoms in total. The first-order chi connectivity index (χ1) is 6.33. The summed E-state index contributed by atoms with van der Waals surface area (Å²) in [6.07, 6.45) is 0.825. The van der Waals surface area contributed by atoms with Gasteiger partial charge in [-0.1, -0.05) is 11.6 Å². The van der Waals surface area contributed by atoms with Gasteiger partial charge in [0.2, 0.25) is 0 Å². The number of rotatable bonds is 5. The molecular weight excluding hydrogens is 208 g/mol. The minimum absolute atomic E-state index is 0.249. The van der Waals surface area contributed by atoms with Gasteiger partial charge in [-0.15, -0.1) is 5.10 Å². The molecule has 5 heteroatoms. The van der Waals surface area contributed by atoms with Crippen LogP contribution in [0.5, 0.6) is 0 Å². The van der Waals surface area contributed by atoms with Crippen molar-refractivity contribution in [1.82, 2.24) is 10.2 Å². The second kappa shape index (κ2) is 6.18. The predicted molar refractivity (Wildman–Crippen MR) is 54.9 cm³/mol. The van der Waals surface area contributed by atoms with Gasteiger partial charge in [0.25, 0.3) is 0 Å². The lowest BCUT2D eigenvalue weighted by Crippen LogP contribution is -1.92. The molecule has 13 heavy (non-hydrogen) atoms. The zero-order chi connectivity index (χ0) is 9.52. The number of nitrogens with zero attached hydrogens (tertiary/aromatic N) is 2. The zero-order valence-corrected chi connectivity index (χ0v) is 8.68. The monoisotopic (exact) mass is 218 g/mol. The van der Waals surface area contributed by atoms with Gasteiger partial charge in [0.1, 0.15) is 0 Å². The van der Waals surface area contributed by atoms with Gasteiger partial charge < -0.3 is 5.11 Å². The molecule has 0 unspecified atom stereocenters. The molecule has 0 amide bonds. The van der Waals surface area contributed by atoms with Crippen LogP contribution in [-0.4, -0.2) is 27.7 Å². The van der Waals surface area contributed by atoms with Gasteiger partial charge in [0.05, 0.1) is 5.69 Å². The number of hydrogen-bond acceptors (Lipinski definition) is 4. The normalized spacial score (nSPS) is 10.3. The summed E-state index contributed by atoms with van der Waals surface area (Å²) < 4.78 is 0. The van der Waals surface area contributed by atoms with Gasteiger partial charge in [0.15, 0.2) is 5.15 Å². The van der Waals surface area contributed by atoms with Gasteiger partial charge in [-0.2, -0.15) is 16.9 Å². The third kappa shape index (κ3) is 4.45. The molecule has 0 atom stereocenters. The Morgan fingerprint density at radius 3 is 2.85 bits per heavy atom. The summed E-state index contributed by atoms with van der Waals surface area (Å²) in [4.78, 5) is 0. The van der Waals surface area contributed by atoms with Crippen molar-refractivity contribution >= 4 is 23.4 Å².